The molecule has 3 aromatic rings. The van der Waals surface area contributed by atoms with Gasteiger partial charge in [-0.3, -0.25) is 5.10 Å². The van der Waals surface area contributed by atoms with Crippen LogP contribution in [0.4, 0.5) is 5.82 Å². The number of hydrogen-bond acceptors (Lipinski definition) is 5. The summed E-state index contributed by atoms with van der Waals surface area (Å²) in [5, 5.41) is 7.09. The Morgan fingerprint density at radius 3 is 3.11 bits per heavy atom. The highest BCUT2D eigenvalue weighted by Gasteiger charge is 2.24. The van der Waals surface area contributed by atoms with Crippen LogP contribution in [0.3, 0.4) is 0 Å². The van der Waals surface area contributed by atoms with E-state index in [1.54, 1.807) is 11.8 Å². The predicted octanol–water partition coefficient (Wildman–Crippen LogP) is 2.37. The highest BCUT2D eigenvalue weighted by Crippen LogP contribution is 2.42. The summed E-state index contributed by atoms with van der Waals surface area (Å²) >= 11 is 1.71. The molecule has 0 amide bonds. The van der Waals surface area contributed by atoms with Gasteiger partial charge < -0.3 is 10.2 Å². The third-order valence-corrected chi connectivity index (χ3v) is 4.37. The van der Waals surface area contributed by atoms with Crippen molar-refractivity contribution < 1.29 is 4.42 Å². The number of H-pyrrole nitrogens is 1. The summed E-state index contributed by atoms with van der Waals surface area (Å²) in [6.45, 7) is 0. The maximum absolute atomic E-state index is 12.0. The van der Waals surface area contributed by atoms with Gasteiger partial charge in [0.25, 0.3) is 0 Å². The van der Waals surface area contributed by atoms with Gasteiger partial charge in [0.15, 0.2) is 5.82 Å². The third-order valence-electron chi connectivity index (χ3n) is 3.27. The number of anilines is 1. The standard InChI is InChI=1S/C13H9N3O2S/c14-12-9-10(15-16-12)7-5-19-8-4-2-1-3-6(8)11(7)18-13(9)17/h1-4H,5H2,(H3,14,15,16). The fourth-order valence-corrected chi connectivity index (χ4v) is 3.45. The van der Waals surface area contributed by atoms with E-state index < -0.39 is 5.63 Å². The van der Waals surface area contributed by atoms with Crippen LogP contribution >= 0.6 is 11.8 Å². The minimum atomic E-state index is -0.443. The second-order valence-electron chi connectivity index (χ2n) is 4.34. The lowest BCUT2D eigenvalue weighted by atomic mass is 10.1. The Labute approximate surface area is 111 Å². The molecule has 1 aromatic carbocycles. The van der Waals surface area contributed by atoms with Gasteiger partial charge in [-0.15, -0.1) is 11.8 Å². The van der Waals surface area contributed by atoms with Crippen LogP contribution in [0.2, 0.25) is 0 Å². The number of aromatic amines is 1. The van der Waals surface area contributed by atoms with E-state index in [9.17, 15) is 4.79 Å². The predicted molar refractivity (Wildman–Crippen MR) is 74.0 cm³/mol. The van der Waals surface area contributed by atoms with E-state index in [0.29, 0.717) is 16.7 Å². The lowest BCUT2D eigenvalue weighted by Gasteiger charge is -2.17. The molecule has 0 radical (unpaired) electrons. The summed E-state index contributed by atoms with van der Waals surface area (Å²) in [5.41, 5.74) is 7.83. The molecule has 0 fully saturated rings. The molecule has 94 valence electrons. The van der Waals surface area contributed by atoms with E-state index in [1.165, 1.54) is 0 Å². The van der Waals surface area contributed by atoms with Crippen molar-refractivity contribution in [2.75, 3.05) is 5.73 Å². The zero-order valence-electron chi connectivity index (χ0n) is 9.77. The van der Waals surface area contributed by atoms with Crippen molar-refractivity contribution in [2.45, 2.75) is 10.6 Å². The molecule has 3 heterocycles. The van der Waals surface area contributed by atoms with Crippen LogP contribution in [0.1, 0.15) is 5.56 Å². The molecule has 0 saturated heterocycles. The van der Waals surface area contributed by atoms with Gasteiger partial charge in [0.2, 0.25) is 0 Å². The van der Waals surface area contributed by atoms with Crippen molar-refractivity contribution in [3.05, 3.63) is 40.2 Å². The van der Waals surface area contributed by atoms with Gasteiger partial charge in [-0.05, 0) is 6.07 Å². The third kappa shape index (κ3) is 1.37. The summed E-state index contributed by atoms with van der Waals surface area (Å²) in [6.07, 6.45) is 0. The number of aromatic nitrogens is 2. The van der Waals surface area contributed by atoms with Crippen LogP contribution < -0.4 is 11.4 Å². The first-order valence-electron chi connectivity index (χ1n) is 5.77. The quantitative estimate of drug-likeness (QED) is 0.655. The summed E-state index contributed by atoms with van der Waals surface area (Å²) in [6, 6.07) is 7.88. The Kier molecular flexibility index (Phi) is 2.05. The van der Waals surface area contributed by atoms with E-state index in [-0.39, 0.29) is 5.82 Å². The molecule has 6 heteroatoms. The Balaban J connectivity index is 2.16. The minimum absolute atomic E-state index is 0.190. The number of nitrogen functional groups attached to an aromatic ring is 1. The van der Waals surface area contributed by atoms with Gasteiger partial charge in [0.05, 0.1) is 5.52 Å². The van der Waals surface area contributed by atoms with Crippen LogP contribution in [0.5, 0.6) is 0 Å². The molecule has 0 spiro atoms. The van der Waals surface area contributed by atoms with E-state index in [2.05, 4.69) is 10.2 Å². The van der Waals surface area contributed by atoms with Gasteiger partial charge in [-0.25, -0.2) is 4.79 Å². The largest absolute Gasteiger partial charge is 0.422 e. The van der Waals surface area contributed by atoms with Crippen LogP contribution in [0, 0.1) is 0 Å². The molecule has 1 aliphatic rings. The van der Waals surface area contributed by atoms with E-state index in [4.69, 9.17) is 10.2 Å². The summed E-state index contributed by atoms with van der Waals surface area (Å²) in [5.74, 6) is 1.54. The summed E-state index contributed by atoms with van der Waals surface area (Å²) in [7, 11) is 0. The molecule has 0 atom stereocenters. The van der Waals surface area contributed by atoms with E-state index >= 15 is 0 Å². The molecule has 0 bridgehead atoms. The number of rotatable bonds is 0. The van der Waals surface area contributed by atoms with Gasteiger partial charge in [0.1, 0.15) is 11.1 Å². The first-order chi connectivity index (χ1) is 9.25. The monoisotopic (exact) mass is 271 g/mol. The Morgan fingerprint density at radius 2 is 2.21 bits per heavy atom. The van der Waals surface area contributed by atoms with Gasteiger partial charge in [0, 0.05) is 21.8 Å². The Bertz CT molecular complexity index is 866. The van der Waals surface area contributed by atoms with Crippen LogP contribution in [-0.4, -0.2) is 10.2 Å². The normalized spacial score (nSPS) is 13.3. The van der Waals surface area contributed by atoms with Crippen molar-refractivity contribution in [1.82, 2.24) is 10.2 Å². The Hall–Kier alpha value is -2.21. The molecular formula is C13H9N3O2S. The van der Waals surface area contributed by atoms with Crippen molar-refractivity contribution in [1.29, 1.82) is 0 Å². The van der Waals surface area contributed by atoms with Crippen molar-refractivity contribution in [2.24, 2.45) is 0 Å². The number of thioether (sulfide) groups is 1. The summed E-state index contributed by atoms with van der Waals surface area (Å²) < 4.78 is 5.47. The average Bonchev–Trinajstić information content (AvgIpc) is 2.82. The molecule has 5 nitrogen and oxygen atoms in total. The number of benzene rings is 1. The summed E-state index contributed by atoms with van der Waals surface area (Å²) in [4.78, 5) is 13.1. The molecular weight excluding hydrogens is 262 g/mol. The first kappa shape index (κ1) is 10.7. The van der Waals surface area contributed by atoms with Gasteiger partial charge >= 0.3 is 5.63 Å². The number of fused-ring (bicyclic) bond motifs is 5. The fourth-order valence-electron chi connectivity index (χ4n) is 2.39. The highest BCUT2D eigenvalue weighted by molar-refractivity contribution is 7.98. The van der Waals surface area contributed by atoms with Crippen LogP contribution in [-0.2, 0) is 5.75 Å². The maximum atomic E-state index is 12.0. The maximum Gasteiger partial charge on any atom is 0.349 e. The molecule has 2 aromatic heterocycles. The zero-order valence-corrected chi connectivity index (χ0v) is 10.6. The first-order valence-corrected chi connectivity index (χ1v) is 6.76. The highest BCUT2D eigenvalue weighted by atomic mass is 32.2. The fraction of sp³-hybridized carbons (Fsp3) is 0.0769. The van der Waals surface area contributed by atoms with E-state index in [1.807, 2.05) is 24.3 Å². The molecule has 4 rings (SSSR count). The number of hydrogen-bond donors (Lipinski definition) is 2. The number of nitrogens with zero attached hydrogens (tertiary/aromatic N) is 1. The molecule has 3 N–H and O–H groups in total. The second-order valence-corrected chi connectivity index (χ2v) is 5.36. The van der Waals surface area contributed by atoms with Crippen LogP contribution in [0.15, 0.2) is 38.4 Å². The molecule has 0 unspecified atom stereocenters. The van der Waals surface area contributed by atoms with Crippen molar-refractivity contribution in [3.63, 3.8) is 0 Å². The second kappa shape index (κ2) is 3.64. The smallest absolute Gasteiger partial charge is 0.349 e. The molecule has 19 heavy (non-hydrogen) atoms. The van der Waals surface area contributed by atoms with E-state index in [0.717, 1.165) is 21.8 Å². The number of nitrogens with one attached hydrogen (secondary N) is 1. The molecule has 0 saturated carbocycles. The lowest BCUT2D eigenvalue weighted by Crippen LogP contribution is -2.07. The Morgan fingerprint density at radius 1 is 1.37 bits per heavy atom. The van der Waals surface area contributed by atoms with Crippen molar-refractivity contribution >= 4 is 28.5 Å². The topological polar surface area (TPSA) is 84.9 Å². The van der Waals surface area contributed by atoms with Gasteiger partial charge in [-0.1, -0.05) is 18.2 Å². The van der Waals surface area contributed by atoms with Crippen LogP contribution in [0.25, 0.3) is 22.2 Å². The van der Waals surface area contributed by atoms with Gasteiger partial charge in [-0.2, -0.15) is 5.10 Å². The number of nitrogens with two attached hydrogens (primary N) is 1. The molecule has 0 aliphatic carbocycles. The lowest BCUT2D eigenvalue weighted by molar-refractivity contribution is 0.529. The molecule has 1 aliphatic heterocycles. The SMILES string of the molecule is Nc1n[nH]c2c3c(oc(=O)c12)-c1ccccc1SC3. The van der Waals surface area contributed by atoms with Crippen molar-refractivity contribution in [3.8, 4) is 11.3 Å². The minimum Gasteiger partial charge on any atom is -0.422 e. The zero-order chi connectivity index (χ0) is 13.0. The average molecular weight is 271 g/mol.